The Kier molecular flexibility index (Phi) is 16.1. The first kappa shape index (κ1) is 40.0. The van der Waals surface area contributed by atoms with Crippen molar-refractivity contribution in [2.45, 2.75) is 38.9 Å². The second-order valence-corrected chi connectivity index (χ2v) is 12.5. The SMILES string of the molecule is COc1cc(COCCC[C@H](Cc2ccc(OC)c(OC)c2)[C@H](COCc2cc(OC)cc(OC)c2)Cc2ccc(OC)c(OC)c2)cc(OC)c1. The fraction of sp³-hybridized carbons (Fsp3) is 0.429. The Morgan fingerprint density at radius 3 is 1.25 bits per heavy atom. The van der Waals surface area contributed by atoms with Crippen LogP contribution in [-0.4, -0.2) is 70.1 Å². The summed E-state index contributed by atoms with van der Waals surface area (Å²) in [7, 11) is 13.2. The maximum atomic E-state index is 6.52. The summed E-state index contributed by atoms with van der Waals surface area (Å²) in [5.41, 5.74) is 4.25. The van der Waals surface area contributed by atoms with E-state index in [9.17, 15) is 0 Å². The van der Waals surface area contributed by atoms with Gasteiger partial charge in [-0.3, -0.25) is 0 Å². The number of rotatable bonds is 23. The Balaban J connectivity index is 1.58. The molecule has 10 heteroatoms. The van der Waals surface area contributed by atoms with E-state index in [1.54, 1.807) is 56.9 Å². The Hall–Kier alpha value is -4.80. The summed E-state index contributed by atoms with van der Waals surface area (Å²) < 4.78 is 57.0. The number of methoxy groups -OCH3 is 8. The van der Waals surface area contributed by atoms with Crippen LogP contribution in [0.15, 0.2) is 72.8 Å². The molecule has 4 aromatic carbocycles. The molecule has 52 heavy (non-hydrogen) atoms. The van der Waals surface area contributed by atoms with Crippen LogP contribution in [0, 0.1) is 11.8 Å². The first-order chi connectivity index (χ1) is 25.4. The van der Waals surface area contributed by atoms with Gasteiger partial charge in [-0.25, -0.2) is 0 Å². The zero-order chi connectivity index (χ0) is 37.3. The van der Waals surface area contributed by atoms with Gasteiger partial charge in [-0.05, 0) is 108 Å². The van der Waals surface area contributed by atoms with Crippen LogP contribution < -0.4 is 37.9 Å². The largest absolute Gasteiger partial charge is 0.497 e. The first-order valence-electron chi connectivity index (χ1n) is 17.4. The highest BCUT2D eigenvalue weighted by molar-refractivity contribution is 5.44. The molecule has 2 atom stereocenters. The molecule has 0 radical (unpaired) electrons. The van der Waals surface area contributed by atoms with E-state index in [1.165, 1.54) is 0 Å². The lowest BCUT2D eigenvalue weighted by molar-refractivity contribution is 0.0578. The van der Waals surface area contributed by atoms with E-state index < -0.39 is 0 Å². The van der Waals surface area contributed by atoms with Crippen LogP contribution in [-0.2, 0) is 35.5 Å². The first-order valence-corrected chi connectivity index (χ1v) is 17.4. The van der Waals surface area contributed by atoms with Crippen molar-refractivity contribution in [3.8, 4) is 46.0 Å². The molecule has 0 aliphatic carbocycles. The third kappa shape index (κ3) is 11.6. The molecule has 0 fully saturated rings. The molecule has 0 amide bonds. The molecule has 282 valence electrons. The highest BCUT2D eigenvalue weighted by Gasteiger charge is 2.24. The van der Waals surface area contributed by atoms with Gasteiger partial charge in [-0.2, -0.15) is 0 Å². The number of benzene rings is 4. The molecule has 0 aliphatic heterocycles. The molecule has 10 nitrogen and oxygen atoms in total. The third-order valence-corrected chi connectivity index (χ3v) is 9.11. The lowest BCUT2D eigenvalue weighted by Gasteiger charge is -2.28. The quantitative estimate of drug-likeness (QED) is 0.0703. The van der Waals surface area contributed by atoms with Gasteiger partial charge in [0.1, 0.15) is 23.0 Å². The maximum absolute atomic E-state index is 6.52. The van der Waals surface area contributed by atoms with Gasteiger partial charge in [0.05, 0.1) is 76.7 Å². The molecule has 0 bridgehead atoms. The second-order valence-electron chi connectivity index (χ2n) is 12.5. The number of ether oxygens (including phenoxy) is 10. The van der Waals surface area contributed by atoms with Crippen LogP contribution in [0.1, 0.15) is 35.1 Å². The van der Waals surface area contributed by atoms with Crippen LogP contribution in [0.2, 0.25) is 0 Å². The van der Waals surface area contributed by atoms with Gasteiger partial charge in [0.2, 0.25) is 0 Å². The normalized spacial score (nSPS) is 12.1. The molecular weight excluding hydrogens is 664 g/mol. The van der Waals surface area contributed by atoms with E-state index in [0.717, 1.165) is 70.9 Å². The van der Waals surface area contributed by atoms with Gasteiger partial charge in [-0.15, -0.1) is 0 Å². The summed E-state index contributed by atoms with van der Waals surface area (Å²) in [6.07, 6.45) is 3.34. The molecule has 0 spiro atoms. The van der Waals surface area contributed by atoms with Crippen LogP contribution in [0.25, 0.3) is 0 Å². The van der Waals surface area contributed by atoms with Gasteiger partial charge >= 0.3 is 0 Å². The molecule has 0 aliphatic rings. The van der Waals surface area contributed by atoms with Crippen molar-refractivity contribution in [3.63, 3.8) is 0 Å². The fourth-order valence-electron chi connectivity index (χ4n) is 6.35. The third-order valence-electron chi connectivity index (χ3n) is 9.11. The maximum Gasteiger partial charge on any atom is 0.160 e. The zero-order valence-electron chi connectivity index (χ0n) is 31.8. The Morgan fingerprint density at radius 1 is 0.404 bits per heavy atom. The van der Waals surface area contributed by atoms with E-state index in [4.69, 9.17) is 47.4 Å². The van der Waals surface area contributed by atoms with E-state index in [-0.39, 0.29) is 11.8 Å². The average molecular weight is 719 g/mol. The van der Waals surface area contributed by atoms with Gasteiger partial charge in [0.15, 0.2) is 23.0 Å². The summed E-state index contributed by atoms with van der Waals surface area (Å²) in [5.74, 6) is 6.07. The Morgan fingerprint density at radius 2 is 0.827 bits per heavy atom. The van der Waals surface area contributed by atoms with E-state index in [0.29, 0.717) is 49.4 Å². The van der Waals surface area contributed by atoms with Crippen molar-refractivity contribution in [1.29, 1.82) is 0 Å². The topological polar surface area (TPSA) is 92.3 Å². The number of hydrogen-bond donors (Lipinski definition) is 0. The van der Waals surface area contributed by atoms with E-state index in [2.05, 4.69) is 24.3 Å². The minimum atomic E-state index is 0.140. The van der Waals surface area contributed by atoms with Crippen LogP contribution in [0.5, 0.6) is 46.0 Å². The summed E-state index contributed by atoms with van der Waals surface area (Å²) in [4.78, 5) is 0. The van der Waals surface area contributed by atoms with Gasteiger partial charge < -0.3 is 47.4 Å². The monoisotopic (exact) mass is 718 g/mol. The molecule has 0 heterocycles. The highest BCUT2D eigenvalue weighted by atomic mass is 16.5. The van der Waals surface area contributed by atoms with Crippen molar-refractivity contribution < 1.29 is 47.4 Å². The van der Waals surface area contributed by atoms with Gasteiger partial charge in [0, 0.05) is 18.7 Å². The number of hydrogen-bond acceptors (Lipinski definition) is 10. The lowest BCUT2D eigenvalue weighted by atomic mass is 9.80. The summed E-state index contributed by atoms with van der Waals surface area (Å²) >= 11 is 0. The molecule has 0 N–H and O–H groups in total. The van der Waals surface area contributed by atoms with E-state index >= 15 is 0 Å². The van der Waals surface area contributed by atoms with Crippen LogP contribution in [0.4, 0.5) is 0 Å². The molecule has 4 aromatic rings. The molecule has 0 unspecified atom stereocenters. The minimum Gasteiger partial charge on any atom is -0.497 e. The smallest absolute Gasteiger partial charge is 0.160 e. The predicted molar refractivity (Wildman–Crippen MR) is 201 cm³/mol. The fourth-order valence-corrected chi connectivity index (χ4v) is 6.35. The average Bonchev–Trinajstić information content (AvgIpc) is 3.19. The van der Waals surface area contributed by atoms with Crippen molar-refractivity contribution in [3.05, 3.63) is 95.1 Å². The summed E-state index contributed by atoms with van der Waals surface area (Å²) in [6.45, 7) is 1.98. The standard InChI is InChI=1S/C42H54O10/c1-43-35-18-31(19-36(24-35)44-2)26-51-15-9-10-33(16-29-11-13-39(47-5)41(22-29)49-7)34(17-30-12-14-40(48-6)42(23-30)50-8)28-52-27-32-20-37(45-3)25-38(21-32)46-4/h11-14,18-25,33-34H,9-10,15-17,26-28H2,1-8H3/t33-,34+/m1/s1. The van der Waals surface area contributed by atoms with Gasteiger partial charge in [-0.1, -0.05) is 12.1 Å². The van der Waals surface area contributed by atoms with Crippen LogP contribution in [0.3, 0.4) is 0 Å². The molecule has 0 aromatic heterocycles. The minimum absolute atomic E-state index is 0.140. The van der Waals surface area contributed by atoms with E-state index in [1.807, 2.05) is 48.5 Å². The zero-order valence-corrected chi connectivity index (χ0v) is 31.8. The van der Waals surface area contributed by atoms with Crippen LogP contribution >= 0.6 is 0 Å². The van der Waals surface area contributed by atoms with Crippen molar-refractivity contribution in [1.82, 2.24) is 0 Å². The van der Waals surface area contributed by atoms with Crippen molar-refractivity contribution in [2.75, 3.05) is 70.1 Å². The summed E-state index contributed by atoms with van der Waals surface area (Å²) in [6, 6.07) is 23.8. The summed E-state index contributed by atoms with van der Waals surface area (Å²) in [5, 5.41) is 0. The molecule has 0 saturated heterocycles. The second kappa shape index (κ2) is 20.9. The Bertz CT molecular complexity index is 1630. The molecule has 0 saturated carbocycles. The molecular formula is C42H54O10. The van der Waals surface area contributed by atoms with Crippen molar-refractivity contribution in [2.24, 2.45) is 11.8 Å². The Labute approximate surface area is 308 Å². The van der Waals surface area contributed by atoms with Crippen molar-refractivity contribution >= 4 is 0 Å². The molecule has 4 rings (SSSR count). The predicted octanol–water partition coefficient (Wildman–Crippen LogP) is 7.99. The van der Waals surface area contributed by atoms with Gasteiger partial charge in [0.25, 0.3) is 0 Å². The highest BCUT2D eigenvalue weighted by Crippen LogP contribution is 2.34. The lowest BCUT2D eigenvalue weighted by Crippen LogP contribution is -2.25.